The molecule has 0 atom stereocenters. The Balaban J connectivity index is 1.70. The van der Waals surface area contributed by atoms with Crippen molar-refractivity contribution in [1.82, 2.24) is 9.55 Å². The van der Waals surface area contributed by atoms with Crippen LogP contribution in [0.4, 0.5) is 17.2 Å². The van der Waals surface area contributed by atoms with Crippen molar-refractivity contribution in [2.45, 2.75) is 19.9 Å². The molecular formula is C25H24N4O2. The summed E-state index contributed by atoms with van der Waals surface area (Å²) in [5.74, 6) is 0.291. The first-order chi connectivity index (χ1) is 15.1. The highest BCUT2D eigenvalue weighted by Crippen LogP contribution is 2.27. The molecule has 31 heavy (non-hydrogen) atoms. The molecule has 156 valence electrons. The first kappa shape index (κ1) is 20.3. The average molecular weight is 412 g/mol. The first-order valence-electron chi connectivity index (χ1n) is 10.2. The molecule has 0 aliphatic carbocycles. The second kappa shape index (κ2) is 8.83. The topological polar surface area (TPSA) is 67.2 Å². The minimum Gasteiger partial charge on any atom is -0.329 e. The van der Waals surface area contributed by atoms with Gasteiger partial charge in [0.25, 0.3) is 0 Å². The fourth-order valence-corrected chi connectivity index (χ4v) is 3.68. The van der Waals surface area contributed by atoms with Gasteiger partial charge in [-0.25, -0.2) is 4.79 Å². The summed E-state index contributed by atoms with van der Waals surface area (Å²) in [5, 5.41) is 3.73. The quantitative estimate of drug-likeness (QED) is 0.511. The third kappa shape index (κ3) is 4.19. The summed E-state index contributed by atoms with van der Waals surface area (Å²) in [4.78, 5) is 31.9. The Morgan fingerprint density at radius 1 is 0.968 bits per heavy atom. The van der Waals surface area contributed by atoms with E-state index < -0.39 is 5.69 Å². The van der Waals surface area contributed by atoms with Crippen molar-refractivity contribution >= 4 is 34.0 Å². The van der Waals surface area contributed by atoms with Crippen molar-refractivity contribution in [2.75, 3.05) is 17.3 Å². The Bertz CT molecular complexity index is 1280. The van der Waals surface area contributed by atoms with Crippen LogP contribution in [0, 0.1) is 0 Å². The highest BCUT2D eigenvalue weighted by molar-refractivity contribution is 5.95. The molecule has 0 aliphatic rings. The summed E-state index contributed by atoms with van der Waals surface area (Å²) in [7, 11) is 1.88. The van der Waals surface area contributed by atoms with E-state index in [2.05, 4.69) is 10.3 Å². The molecule has 1 N–H and O–H groups in total. The Hall–Kier alpha value is -3.93. The van der Waals surface area contributed by atoms with E-state index in [1.54, 1.807) is 0 Å². The Morgan fingerprint density at radius 3 is 2.42 bits per heavy atom. The largest absolute Gasteiger partial charge is 0.350 e. The number of nitrogens with zero attached hydrogens (tertiary/aromatic N) is 3. The van der Waals surface area contributed by atoms with Crippen molar-refractivity contribution in [3.8, 4) is 0 Å². The lowest BCUT2D eigenvalue weighted by Crippen LogP contribution is -2.31. The lowest BCUT2D eigenvalue weighted by Gasteiger charge is -2.21. The summed E-state index contributed by atoms with van der Waals surface area (Å²) in [5.41, 5.74) is 2.94. The molecule has 3 aromatic carbocycles. The minimum atomic E-state index is -0.463. The van der Waals surface area contributed by atoms with Gasteiger partial charge in [0.05, 0.1) is 5.52 Å². The molecule has 1 aromatic heterocycles. The van der Waals surface area contributed by atoms with Gasteiger partial charge in [-0.3, -0.25) is 9.36 Å². The number of carbonyl (C=O) groups is 1. The maximum absolute atomic E-state index is 12.9. The van der Waals surface area contributed by atoms with Crippen molar-refractivity contribution in [3.05, 3.63) is 94.9 Å². The SMILES string of the molecule is CCc1ccccc1NC(=O)Cn1c(=O)nc(N(C)c2ccccc2)c2ccccc21. The molecular weight excluding hydrogens is 388 g/mol. The van der Waals surface area contributed by atoms with Crippen LogP contribution < -0.4 is 15.9 Å². The molecule has 0 fully saturated rings. The Morgan fingerprint density at radius 2 is 1.65 bits per heavy atom. The maximum Gasteiger partial charge on any atom is 0.350 e. The molecule has 0 spiro atoms. The fourth-order valence-electron chi connectivity index (χ4n) is 3.68. The lowest BCUT2D eigenvalue weighted by atomic mass is 10.1. The van der Waals surface area contributed by atoms with E-state index >= 15 is 0 Å². The molecule has 0 radical (unpaired) electrons. The van der Waals surface area contributed by atoms with Gasteiger partial charge in [-0.05, 0) is 42.3 Å². The highest BCUT2D eigenvalue weighted by Gasteiger charge is 2.16. The number of hydrogen-bond acceptors (Lipinski definition) is 4. The Kier molecular flexibility index (Phi) is 5.80. The van der Waals surface area contributed by atoms with Gasteiger partial charge in [0, 0.05) is 23.8 Å². The van der Waals surface area contributed by atoms with Crippen molar-refractivity contribution in [3.63, 3.8) is 0 Å². The fraction of sp³-hybridized carbons (Fsp3) is 0.160. The molecule has 0 unspecified atom stereocenters. The summed E-state index contributed by atoms with van der Waals surface area (Å²) in [6.45, 7) is 1.93. The van der Waals surface area contributed by atoms with Crippen LogP contribution in [0.25, 0.3) is 10.9 Å². The lowest BCUT2D eigenvalue weighted by molar-refractivity contribution is -0.116. The van der Waals surface area contributed by atoms with Crippen LogP contribution >= 0.6 is 0 Å². The van der Waals surface area contributed by atoms with Crippen molar-refractivity contribution in [2.24, 2.45) is 0 Å². The van der Waals surface area contributed by atoms with Gasteiger partial charge in [0.15, 0.2) is 0 Å². The molecule has 1 amide bonds. The molecule has 0 bridgehead atoms. The minimum absolute atomic E-state index is 0.111. The van der Waals surface area contributed by atoms with Crippen LogP contribution in [0.3, 0.4) is 0 Å². The predicted octanol–water partition coefficient (Wildman–Crippen LogP) is 4.37. The second-order valence-corrected chi connectivity index (χ2v) is 7.27. The van der Waals surface area contributed by atoms with Crippen LogP contribution in [0.2, 0.25) is 0 Å². The summed E-state index contributed by atoms with van der Waals surface area (Å²) in [6.07, 6.45) is 0.807. The zero-order valence-corrected chi connectivity index (χ0v) is 17.6. The normalized spacial score (nSPS) is 10.8. The number of carbonyl (C=O) groups excluding carboxylic acids is 1. The van der Waals surface area contributed by atoms with Gasteiger partial charge in [-0.1, -0.05) is 55.5 Å². The smallest absolute Gasteiger partial charge is 0.329 e. The highest BCUT2D eigenvalue weighted by atomic mass is 16.2. The van der Waals surface area contributed by atoms with Crippen molar-refractivity contribution in [1.29, 1.82) is 0 Å². The van der Waals surface area contributed by atoms with E-state index in [4.69, 9.17) is 0 Å². The second-order valence-electron chi connectivity index (χ2n) is 7.27. The first-order valence-corrected chi connectivity index (χ1v) is 10.2. The number of fused-ring (bicyclic) bond motifs is 1. The van der Waals surface area contributed by atoms with Gasteiger partial charge >= 0.3 is 5.69 Å². The number of rotatable bonds is 6. The molecule has 1 heterocycles. The van der Waals surface area contributed by atoms with Crippen LogP contribution in [0.15, 0.2) is 83.7 Å². The summed E-state index contributed by atoms with van der Waals surface area (Å²) >= 11 is 0. The Labute approximate surface area is 180 Å². The summed E-state index contributed by atoms with van der Waals surface area (Å²) < 4.78 is 1.42. The number of aromatic nitrogens is 2. The molecule has 0 saturated heterocycles. The molecule has 4 rings (SSSR count). The van der Waals surface area contributed by atoms with E-state index in [-0.39, 0.29) is 12.5 Å². The predicted molar refractivity (Wildman–Crippen MR) is 125 cm³/mol. The van der Waals surface area contributed by atoms with Crippen LogP contribution in [-0.4, -0.2) is 22.5 Å². The van der Waals surface area contributed by atoms with Crippen LogP contribution in [-0.2, 0) is 17.8 Å². The number of amides is 1. The number of para-hydroxylation sites is 3. The number of anilines is 3. The van der Waals surface area contributed by atoms with Crippen LogP contribution in [0.5, 0.6) is 0 Å². The number of hydrogen-bond donors (Lipinski definition) is 1. The third-order valence-corrected chi connectivity index (χ3v) is 5.30. The molecule has 0 saturated carbocycles. The van der Waals surface area contributed by atoms with E-state index in [9.17, 15) is 9.59 Å². The van der Waals surface area contributed by atoms with Gasteiger partial charge in [-0.2, -0.15) is 4.98 Å². The number of nitrogens with one attached hydrogen (secondary N) is 1. The third-order valence-electron chi connectivity index (χ3n) is 5.30. The number of benzene rings is 3. The zero-order chi connectivity index (χ0) is 21.8. The van der Waals surface area contributed by atoms with E-state index in [0.29, 0.717) is 11.3 Å². The maximum atomic E-state index is 12.9. The van der Waals surface area contributed by atoms with E-state index in [1.165, 1.54) is 4.57 Å². The zero-order valence-electron chi connectivity index (χ0n) is 17.6. The van der Waals surface area contributed by atoms with Crippen molar-refractivity contribution < 1.29 is 4.79 Å². The number of aryl methyl sites for hydroxylation is 1. The monoisotopic (exact) mass is 412 g/mol. The van der Waals surface area contributed by atoms with Gasteiger partial charge in [-0.15, -0.1) is 0 Å². The summed E-state index contributed by atoms with van der Waals surface area (Å²) in [6, 6.07) is 24.9. The van der Waals surface area contributed by atoms with Crippen LogP contribution in [0.1, 0.15) is 12.5 Å². The van der Waals surface area contributed by atoms with E-state index in [1.807, 2.05) is 97.7 Å². The molecule has 6 heteroatoms. The van der Waals surface area contributed by atoms with Gasteiger partial charge in [0.2, 0.25) is 5.91 Å². The average Bonchev–Trinajstić information content (AvgIpc) is 2.81. The van der Waals surface area contributed by atoms with Gasteiger partial charge < -0.3 is 10.2 Å². The molecule has 0 aliphatic heterocycles. The molecule has 4 aromatic rings. The van der Waals surface area contributed by atoms with Gasteiger partial charge in [0.1, 0.15) is 12.4 Å². The molecule has 6 nitrogen and oxygen atoms in total. The van der Waals surface area contributed by atoms with E-state index in [0.717, 1.165) is 28.7 Å². The standard InChI is InChI=1S/C25H24N4O2/c1-3-18-11-7-9-15-21(18)26-23(30)17-29-22-16-10-8-14-20(22)24(27-25(29)31)28(2)19-12-5-4-6-13-19/h4-16H,3,17H2,1-2H3,(H,26,30).